The molecule has 0 aliphatic carbocycles. The molecule has 0 aromatic heterocycles. The Labute approximate surface area is 203 Å². The summed E-state index contributed by atoms with van der Waals surface area (Å²) in [5.74, 6) is 0.480. The van der Waals surface area contributed by atoms with Gasteiger partial charge < -0.3 is 0 Å². The lowest BCUT2D eigenvalue weighted by Crippen LogP contribution is -2.34. The van der Waals surface area contributed by atoms with Crippen molar-refractivity contribution in [3.63, 3.8) is 0 Å². The maximum atomic E-state index is 13.5. The normalized spacial score (nSPS) is 21.8. The first kappa shape index (κ1) is 23.6. The molecule has 2 heterocycles. The molecule has 1 saturated heterocycles. The number of sulfone groups is 1. The highest BCUT2D eigenvalue weighted by Crippen LogP contribution is 2.62. The van der Waals surface area contributed by atoms with Gasteiger partial charge in [-0.25, -0.2) is 8.42 Å². The van der Waals surface area contributed by atoms with Crippen molar-refractivity contribution in [1.82, 2.24) is 4.90 Å². The lowest BCUT2D eigenvalue weighted by Gasteiger charge is -2.33. The van der Waals surface area contributed by atoms with Crippen LogP contribution in [0.4, 0.5) is 0 Å². The summed E-state index contributed by atoms with van der Waals surface area (Å²) in [6.45, 7) is 2.53. The lowest BCUT2D eigenvalue weighted by molar-refractivity contribution is 0.176. The summed E-state index contributed by atoms with van der Waals surface area (Å²) in [5.41, 5.74) is 2.86. The van der Waals surface area contributed by atoms with E-state index in [0.717, 1.165) is 37.9 Å². The summed E-state index contributed by atoms with van der Waals surface area (Å²) < 4.78 is 48.6. The number of hydrogen-bond donors (Lipinski definition) is 2. The topological polar surface area (TPSA) is 77.8 Å². The van der Waals surface area contributed by atoms with Gasteiger partial charge in [-0.2, -0.15) is 10.6 Å². The van der Waals surface area contributed by atoms with Crippen LogP contribution in [0.1, 0.15) is 34.8 Å². The van der Waals surface area contributed by atoms with Crippen molar-refractivity contribution in [2.75, 3.05) is 18.8 Å². The minimum atomic E-state index is -3.75. The van der Waals surface area contributed by atoms with Gasteiger partial charge in [0.05, 0.1) is 15.5 Å². The maximum absolute atomic E-state index is 13.5. The van der Waals surface area contributed by atoms with Crippen molar-refractivity contribution in [1.29, 1.82) is 0 Å². The van der Waals surface area contributed by atoms with Crippen LogP contribution in [-0.4, -0.2) is 41.3 Å². The highest BCUT2D eigenvalue weighted by molar-refractivity contribution is 8.25. The highest BCUT2D eigenvalue weighted by Gasteiger charge is 2.44. The second-order valence-electron chi connectivity index (χ2n) is 9.42. The number of piperidine rings is 1. The number of benzene rings is 3. The number of hydrogen-bond acceptors (Lipinski definition) is 5. The molecule has 0 radical (unpaired) electrons. The Morgan fingerprint density at radius 3 is 2.18 bits per heavy atom. The summed E-state index contributed by atoms with van der Waals surface area (Å²) >= 11 is 0. The lowest BCUT2D eigenvalue weighted by atomic mass is 9.90. The van der Waals surface area contributed by atoms with Gasteiger partial charge in [0.2, 0.25) is 0 Å². The van der Waals surface area contributed by atoms with E-state index in [9.17, 15) is 17.5 Å². The van der Waals surface area contributed by atoms with Crippen LogP contribution in [0.25, 0.3) is 0 Å². The van der Waals surface area contributed by atoms with Crippen LogP contribution in [0.15, 0.2) is 88.7 Å². The van der Waals surface area contributed by atoms with Crippen molar-refractivity contribution in [2.24, 2.45) is 5.92 Å². The van der Waals surface area contributed by atoms with Crippen LogP contribution in [0.5, 0.6) is 0 Å². The van der Waals surface area contributed by atoms with E-state index in [1.807, 2.05) is 18.2 Å². The number of likely N-dealkylation sites (tertiary alicyclic amines) is 1. The molecular weight excluding hydrogens is 466 g/mol. The Morgan fingerprint density at radius 2 is 1.50 bits per heavy atom. The van der Waals surface area contributed by atoms with Gasteiger partial charge in [-0.1, -0.05) is 60.7 Å². The molecule has 0 saturated carbocycles. The van der Waals surface area contributed by atoms with Gasteiger partial charge in [0, 0.05) is 6.54 Å². The molecule has 2 aliphatic rings. The van der Waals surface area contributed by atoms with E-state index in [1.54, 1.807) is 36.4 Å². The first-order valence-corrected chi connectivity index (χ1v) is 15.0. The predicted octanol–water partition coefficient (Wildman–Crippen LogP) is 5.78. The first-order chi connectivity index (χ1) is 16.3. The van der Waals surface area contributed by atoms with E-state index in [2.05, 4.69) is 29.2 Å². The molecule has 180 valence electrons. The van der Waals surface area contributed by atoms with Crippen LogP contribution in [0.2, 0.25) is 0 Å². The van der Waals surface area contributed by atoms with Gasteiger partial charge in [-0.15, -0.1) is 0 Å². The standard InChI is InChI=1S/C27H31NO4S2/c29-33(30)20-26(34(31,32)24-11-5-2-6-12-24)27-23(10-7-13-25(27)33)19-28-16-14-22(15-17-28)18-21-8-3-1-4-9-21/h1-13,22,26,29-30H,14-20H2. The predicted molar refractivity (Wildman–Crippen MR) is 137 cm³/mol. The molecule has 7 heteroatoms. The average Bonchev–Trinajstić information content (AvgIpc) is 3.14. The van der Waals surface area contributed by atoms with Crippen LogP contribution in [0, 0.1) is 5.92 Å². The second-order valence-corrected chi connectivity index (χ2v) is 13.7. The quantitative estimate of drug-likeness (QED) is 0.451. The van der Waals surface area contributed by atoms with Gasteiger partial charge in [0.1, 0.15) is 5.25 Å². The Balaban J connectivity index is 1.36. The van der Waals surface area contributed by atoms with Crippen molar-refractivity contribution < 1.29 is 17.5 Å². The van der Waals surface area contributed by atoms with Crippen LogP contribution in [0.3, 0.4) is 0 Å². The van der Waals surface area contributed by atoms with Crippen LogP contribution in [-0.2, 0) is 22.8 Å². The Bertz CT molecular complexity index is 1240. The summed E-state index contributed by atoms with van der Waals surface area (Å²) in [6, 6.07) is 24.4. The first-order valence-electron chi connectivity index (χ1n) is 11.8. The Morgan fingerprint density at radius 1 is 0.853 bits per heavy atom. The zero-order chi connectivity index (χ0) is 23.8. The van der Waals surface area contributed by atoms with Gasteiger partial charge in [0.15, 0.2) is 9.84 Å². The van der Waals surface area contributed by atoms with Gasteiger partial charge in [-0.3, -0.25) is 14.0 Å². The Hall–Kier alpha value is -2.16. The van der Waals surface area contributed by atoms with Crippen LogP contribution >= 0.6 is 10.6 Å². The molecular formula is C27H31NO4S2. The smallest absolute Gasteiger partial charge is 0.187 e. The zero-order valence-electron chi connectivity index (χ0n) is 19.1. The molecule has 0 bridgehead atoms. The largest absolute Gasteiger partial charge is 0.299 e. The molecule has 5 rings (SSSR count). The van der Waals surface area contributed by atoms with E-state index in [1.165, 1.54) is 5.56 Å². The fraction of sp³-hybridized carbons (Fsp3) is 0.333. The number of nitrogens with zero attached hydrogens (tertiary/aromatic N) is 1. The maximum Gasteiger partial charge on any atom is 0.187 e. The molecule has 2 N–H and O–H groups in total. The average molecular weight is 498 g/mol. The SMILES string of the molecule is O=S(=O)(c1ccccc1)C1CS(O)(O)c2cccc(CN3CCC(Cc4ccccc4)CC3)c21. The van der Waals surface area contributed by atoms with Crippen molar-refractivity contribution in [3.05, 3.63) is 95.6 Å². The zero-order valence-corrected chi connectivity index (χ0v) is 20.7. The monoisotopic (exact) mass is 497 g/mol. The Kier molecular flexibility index (Phi) is 6.57. The molecule has 0 amide bonds. The van der Waals surface area contributed by atoms with Crippen molar-refractivity contribution in [3.8, 4) is 0 Å². The molecule has 0 spiro atoms. The fourth-order valence-electron chi connectivity index (χ4n) is 5.32. The third-order valence-electron chi connectivity index (χ3n) is 7.13. The van der Waals surface area contributed by atoms with E-state index in [4.69, 9.17) is 0 Å². The van der Waals surface area contributed by atoms with Gasteiger partial charge >= 0.3 is 0 Å². The van der Waals surface area contributed by atoms with E-state index in [0.29, 0.717) is 22.9 Å². The van der Waals surface area contributed by atoms with E-state index < -0.39 is 25.7 Å². The van der Waals surface area contributed by atoms with Crippen molar-refractivity contribution >= 4 is 20.4 Å². The number of fused-ring (bicyclic) bond motifs is 1. The summed E-state index contributed by atoms with van der Waals surface area (Å²) in [5, 5.41) is -0.943. The van der Waals surface area contributed by atoms with Gasteiger partial charge in [0.25, 0.3) is 0 Å². The summed E-state index contributed by atoms with van der Waals surface area (Å²) in [6.07, 6.45) is 3.30. The fourth-order valence-corrected chi connectivity index (χ4v) is 9.82. The van der Waals surface area contributed by atoms with E-state index in [-0.39, 0.29) is 10.6 Å². The van der Waals surface area contributed by atoms with Crippen LogP contribution < -0.4 is 0 Å². The molecule has 2 aliphatic heterocycles. The summed E-state index contributed by atoms with van der Waals surface area (Å²) in [4.78, 5) is 2.99. The van der Waals surface area contributed by atoms with E-state index >= 15 is 0 Å². The molecule has 1 fully saturated rings. The van der Waals surface area contributed by atoms with Gasteiger partial charge in [-0.05, 0) is 73.2 Å². The van der Waals surface area contributed by atoms with Crippen molar-refractivity contribution in [2.45, 2.75) is 40.8 Å². The molecule has 1 atom stereocenters. The molecule has 3 aromatic rings. The molecule has 34 heavy (non-hydrogen) atoms. The summed E-state index contributed by atoms with van der Waals surface area (Å²) in [7, 11) is -6.90. The highest BCUT2D eigenvalue weighted by atomic mass is 32.3. The molecule has 3 aromatic carbocycles. The third-order valence-corrected chi connectivity index (χ3v) is 11.3. The number of rotatable bonds is 6. The molecule has 1 unspecified atom stereocenters. The minimum absolute atomic E-state index is 0.171. The minimum Gasteiger partial charge on any atom is -0.299 e. The molecule has 5 nitrogen and oxygen atoms in total. The second kappa shape index (κ2) is 9.47. The third kappa shape index (κ3) is 4.68.